The predicted octanol–water partition coefficient (Wildman–Crippen LogP) is 4.77. The van der Waals surface area contributed by atoms with Crippen LogP contribution in [0, 0.1) is 0 Å². The van der Waals surface area contributed by atoms with Crippen molar-refractivity contribution in [3.8, 4) is 0 Å². The Morgan fingerprint density at radius 2 is 1.64 bits per heavy atom. The lowest BCUT2D eigenvalue weighted by molar-refractivity contribution is -0.0441. The molecule has 2 nitrogen and oxygen atoms in total. The second-order valence-electron chi connectivity index (χ2n) is 5.52. The van der Waals surface area contributed by atoms with E-state index >= 15 is 0 Å². The fourth-order valence-electron chi connectivity index (χ4n) is 2.60. The minimum atomic E-state index is -0.177. The number of allylic oxidation sites excluding steroid dienone is 1. The van der Waals surface area contributed by atoms with Crippen LogP contribution in [0.2, 0.25) is 0 Å². The van der Waals surface area contributed by atoms with Crippen molar-refractivity contribution in [3.05, 3.63) is 77.4 Å². The maximum absolute atomic E-state index is 5.49. The minimum Gasteiger partial charge on any atom is -0.346 e. The average molecular weight is 294 g/mol. The Balaban J connectivity index is 1.44. The van der Waals surface area contributed by atoms with Crippen molar-refractivity contribution in [2.24, 2.45) is 0 Å². The second kappa shape index (κ2) is 7.92. The van der Waals surface area contributed by atoms with Crippen LogP contribution in [0.5, 0.6) is 0 Å². The summed E-state index contributed by atoms with van der Waals surface area (Å²) in [5.74, 6) is 0. The molecule has 114 valence electrons. The molecule has 0 aliphatic carbocycles. The molecule has 1 fully saturated rings. The molecule has 1 heterocycles. The van der Waals surface area contributed by atoms with E-state index in [-0.39, 0.29) is 6.29 Å². The van der Waals surface area contributed by atoms with Crippen LogP contribution in [0.1, 0.15) is 35.8 Å². The Kier molecular flexibility index (Phi) is 5.41. The molecule has 0 N–H and O–H groups in total. The van der Waals surface area contributed by atoms with Crippen molar-refractivity contribution in [3.63, 3.8) is 0 Å². The summed E-state index contributed by atoms with van der Waals surface area (Å²) in [7, 11) is 0. The Labute approximate surface area is 132 Å². The topological polar surface area (TPSA) is 18.5 Å². The molecule has 2 aromatic rings. The van der Waals surface area contributed by atoms with Crippen LogP contribution in [0.15, 0.2) is 60.7 Å². The highest BCUT2D eigenvalue weighted by Gasteiger charge is 2.17. The summed E-state index contributed by atoms with van der Waals surface area (Å²) >= 11 is 0. The van der Waals surface area contributed by atoms with Gasteiger partial charge in [-0.25, -0.2) is 0 Å². The molecule has 2 aromatic carbocycles. The summed E-state index contributed by atoms with van der Waals surface area (Å²) in [6, 6.07) is 19.1. The number of aryl methyl sites for hydroxylation is 1. The van der Waals surface area contributed by atoms with Gasteiger partial charge in [-0.05, 0) is 30.4 Å². The van der Waals surface area contributed by atoms with Crippen molar-refractivity contribution in [1.82, 2.24) is 0 Å². The van der Waals surface area contributed by atoms with E-state index in [1.807, 2.05) is 0 Å². The van der Waals surface area contributed by atoms with Crippen LogP contribution in [0.4, 0.5) is 0 Å². The monoisotopic (exact) mass is 294 g/mol. The molecule has 0 aromatic heterocycles. The summed E-state index contributed by atoms with van der Waals surface area (Å²) in [6.07, 6.45) is 7.68. The Bertz CT molecular complexity index is 581. The van der Waals surface area contributed by atoms with Gasteiger partial charge in [-0.1, -0.05) is 66.7 Å². The predicted molar refractivity (Wildman–Crippen MR) is 89.5 cm³/mol. The van der Waals surface area contributed by atoms with E-state index in [1.54, 1.807) is 0 Å². The summed E-state index contributed by atoms with van der Waals surface area (Å²) in [5.41, 5.74) is 3.73. The largest absolute Gasteiger partial charge is 0.346 e. The van der Waals surface area contributed by atoms with Crippen molar-refractivity contribution in [1.29, 1.82) is 0 Å². The first-order chi connectivity index (χ1) is 10.9. The van der Waals surface area contributed by atoms with Crippen molar-refractivity contribution in [2.45, 2.75) is 25.6 Å². The van der Waals surface area contributed by atoms with Crippen LogP contribution in [-0.2, 0) is 15.9 Å². The molecule has 0 atom stereocenters. The first-order valence-electron chi connectivity index (χ1n) is 7.95. The number of hydrogen-bond donors (Lipinski definition) is 0. The van der Waals surface area contributed by atoms with E-state index in [0.29, 0.717) is 13.2 Å². The number of hydrogen-bond acceptors (Lipinski definition) is 2. The van der Waals surface area contributed by atoms with E-state index in [9.17, 15) is 0 Å². The van der Waals surface area contributed by atoms with Gasteiger partial charge in [0, 0.05) is 5.56 Å². The molecule has 1 saturated heterocycles. The molecule has 0 unspecified atom stereocenters. The zero-order valence-corrected chi connectivity index (χ0v) is 12.8. The Morgan fingerprint density at radius 3 is 2.36 bits per heavy atom. The van der Waals surface area contributed by atoms with Gasteiger partial charge in [0.15, 0.2) is 6.29 Å². The van der Waals surface area contributed by atoms with E-state index in [0.717, 1.165) is 18.4 Å². The van der Waals surface area contributed by atoms with Crippen LogP contribution in [-0.4, -0.2) is 13.2 Å². The first kappa shape index (κ1) is 15.0. The standard InChI is InChI=1S/C20H22O2/c1-3-7-17(8-4-1)9-5-2-6-10-18-11-13-19(14-12-18)20-21-15-16-22-20/h1,3-4,6-8,10-14,20H,2,5,9,15-16H2/b10-6+. The second-order valence-corrected chi connectivity index (χ2v) is 5.52. The number of ether oxygens (including phenoxy) is 2. The molecule has 0 radical (unpaired) electrons. The van der Waals surface area contributed by atoms with Gasteiger partial charge in [-0.2, -0.15) is 0 Å². The molecule has 22 heavy (non-hydrogen) atoms. The summed E-state index contributed by atoms with van der Waals surface area (Å²) in [4.78, 5) is 0. The first-order valence-corrected chi connectivity index (χ1v) is 7.95. The normalized spacial score (nSPS) is 15.6. The third-order valence-electron chi connectivity index (χ3n) is 3.82. The zero-order valence-electron chi connectivity index (χ0n) is 12.8. The number of benzene rings is 2. The molecular formula is C20H22O2. The SMILES string of the molecule is C(=C\c1ccc(C2OCCO2)cc1)/CCCc1ccccc1. The van der Waals surface area contributed by atoms with E-state index in [1.165, 1.54) is 17.5 Å². The van der Waals surface area contributed by atoms with E-state index < -0.39 is 0 Å². The van der Waals surface area contributed by atoms with Crippen LogP contribution < -0.4 is 0 Å². The quantitative estimate of drug-likeness (QED) is 0.715. The Morgan fingerprint density at radius 1 is 0.909 bits per heavy atom. The summed E-state index contributed by atoms with van der Waals surface area (Å²) in [6.45, 7) is 1.38. The van der Waals surface area contributed by atoms with Gasteiger partial charge < -0.3 is 9.47 Å². The minimum absolute atomic E-state index is 0.177. The van der Waals surface area contributed by atoms with Gasteiger partial charge in [-0.15, -0.1) is 0 Å². The number of rotatable bonds is 6. The fourth-order valence-corrected chi connectivity index (χ4v) is 2.60. The lowest BCUT2D eigenvalue weighted by atomic mass is 10.1. The average Bonchev–Trinajstić information content (AvgIpc) is 3.11. The third kappa shape index (κ3) is 4.30. The molecule has 1 aliphatic heterocycles. The summed E-state index contributed by atoms with van der Waals surface area (Å²) < 4.78 is 11.0. The van der Waals surface area contributed by atoms with Crippen molar-refractivity contribution in [2.75, 3.05) is 13.2 Å². The maximum Gasteiger partial charge on any atom is 0.184 e. The highest BCUT2D eigenvalue weighted by Crippen LogP contribution is 2.23. The lowest BCUT2D eigenvalue weighted by Crippen LogP contribution is -1.97. The van der Waals surface area contributed by atoms with Crippen LogP contribution in [0.25, 0.3) is 6.08 Å². The van der Waals surface area contributed by atoms with Gasteiger partial charge >= 0.3 is 0 Å². The van der Waals surface area contributed by atoms with E-state index in [2.05, 4.69) is 66.7 Å². The van der Waals surface area contributed by atoms with Gasteiger partial charge in [-0.3, -0.25) is 0 Å². The van der Waals surface area contributed by atoms with Gasteiger partial charge in [0.05, 0.1) is 13.2 Å². The van der Waals surface area contributed by atoms with Crippen LogP contribution >= 0.6 is 0 Å². The molecule has 0 bridgehead atoms. The number of unbranched alkanes of at least 4 members (excludes halogenated alkanes) is 1. The molecule has 0 amide bonds. The molecule has 2 heteroatoms. The van der Waals surface area contributed by atoms with Gasteiger partial charge in [0.1, 0.15) is 0 Å². The van der Waals surface area contributed by atoms with Crippen molar-refractivity contribution >= 4 is 6.08 Å². The summed E-state index contributed by atoms with van der Waals surface area (Å²) in [5, 5.41) is 0. The van der Waals surface area contributed by atoms with Gasteiger partial charge in [0.25, 0.3) is 0 Å². The van der Waals surface area contributed by atoms with E-state index in [4.69, 9.17) is 9.47 Å². The van der Waals surface area contributed by atoms with Crippen LogP contribution in [0.3, 0.4) is 0 Å². The van der Waals surface area contributed by atoms with Gasteiger partial charge in [0.2, 0.25) is 0 Å². The molecule has 0 saturated carbocycles. The lowest BCUT2D eigenvalue weighted by Gasteiger charge is -2.08. The maximum atomic E-state index is 5.49. The smallest absolute Gasteiger partial charge is 0.184 e. The molecule has 0 spiro atoms. The zero-order chi connectivity index (χ0) is 15.0. The molecule has 1 aliphatic rings. The Hall–Kier alpha value is -1.90. The third-order valence-corrected chi connectivity index (χ3v) is 3.82. The highest BCUT2D eigenvalue weighted by molar-refractivity contribution is 5.49. The highest BCUT2D eigenvalue weighted by atomic mass is 16.7. The fraction of sp³-hybridized carbons (Fsp3) is 0.300. The molecule has 3 rings (SSSR count). The molecular weight excluding hydrogens is 272 g/mol. The van der Waals surface area contributed by atoms with Crippen molar-refractivity contribution < 1.29 is 9.47 Å².